The largest absolute Gasteiger partial charge is 0.384 e. The molecule has 27 heavy (non-hydrogen) atoms. The van der Waals surface area contributed by atoms with E-state index >= 15 is 0 Å². The standard InChI is InChI=1S/C18H18Cl2N4O3/c1-11-6-7-15(13(20)8-11)23-18(26)10-27-24-16(21)9-17(25)22-14-5-3-2-4-12(14)19/h2-8H,9-10H2,1H3,(H2,21,24)(H,22,25)(H,23,26). The molecule has 2 aromatic rings. The summed E-state index contributed by atoms with van der Waals surface area (Å²) in [6.07, 6.45) is -0.212. The zero-order valence-electron chi connectivity index (χ0n) is 14.5. The molecule has 0 aromatic heterocycles. The number of nitrogens with two attached hydrogens (primary N) is 1. The molecule has 0 heterocycles. The quantitative estimate of drug-likeness (QED) is 0.369. The second-order valence-corrected chi connectivity index (χ2v) is 6.41. The van der Waals surface area contributed by atoms with Crippen molar-refractivity contribution in [1.29, 1.82) is 0 Å². The van der Waals surface area contributed by atoms with Crippen molar-refractivity contribution in [2.24, 2.45) is 10.9 Å². The average molecular weight is 409 g/mol. The van der Waals surface area contributed by atoms with E-state index in [9.17, 15) is 9.59 Å². The highest BCUT2D eigenvalue weighted by Crippen LogP contribution is 2.22. The van der Waals surface area contributed by atoms with E-state index in [1.54, 1.807) is 36.4 Å². The highest BCUT2D eigenvalue weighted by molar-refractivity contribution is 6.34. The van der Waals surface area contributed by atoms with Gasteiger partial charge in [0.2, 0.25) is 5.91 Å². The fourth-order valence-electron chi connectivity index (χ4n) is 2.04. The van der Waals surface area contributed by atoms with Gasteiger partial charge in [0.15, 0.2) is 6.61 Å². The van der Waals surface area contributed by atoms with Crippen molar-refractivity contribution >= 4 is 52.2 Å². The van der Waals surface area contributed by atoms with Crippen LogP contribution in [0.15, 0.2) is 47.6 Å². The van der Waals surface area contributed by atoms with Gasteiger partial charge >= 0.3 is 0 Å². The maximum atomic E-state index is 11.9. The summed E-state index contributed by atoms with van der Waals surface area (Å²) < 4.78 is 0. The molecule has 0 bridgehead atoms. The number of rotatable bonds is 7. The highest BCUT2D eigenvalue weighted by Gasteiger charge is 2.09. The number of para-hydroxylation sites is 1. The third-order valence-corrected chi connectivity index (χ3v) is 3.91. The lowest BCUT2D eigenvalue weighted by Gasteiger charge is -2.08. The van der Waals surface area contributed by atoms with Crippen LogP contribution in [0, 0.1) is 6.92 Å². The molecule has 0 fully saturated rings. The molecule has 0 unspecified atom stereocenters. The van der Waals surface area contributed by atoms with Crippen molar-refractivity contribution in [2.45, 2.75) is 13.3 Å². The van der Waals surface area contributed by atoms with Crippen LogP contribution in [0.25, 0.3) is 0 Å². The molecule has 0 radical (unpaired) electrons. The zero-order valence-corrected chi connectivity index (χ0v) is 16.0. The predicted molar refractivity (Wildman–Crippen MR) is 107 cm³/mol. The van der Waals surface area contributed by atoms with Crippen LogP contribution in [0.1, 0.15) is 12.0 Å². The van der Waals surface area contributed by atoms with E-state index in [1.165, 1.54) is 0 Å². The van der Waals surface area contributed by atoms with Crippen LogP contribution >= 0.6 is 23.2 Å². The van der Waals surface area contributed by atoms with Gasteiger partial charge in [-0.2, -0.15) is 0 Å². The molecule has 0 saturated carbocycles. The van der Waals surface area contributed by atoms with Gasteiger partial charge in [-0.05, 0) is 36.8 Å². The number of anilines is 2. The van der Waals surface area contributed by atoms with Gasteiger partial charge in [-0.25, -0.2) is 0 Å². The molecule has 7 nitrogen and oxygen atoms in total. The second kappa shape index (κ2) is 9.80. The first-order valence-corrected chi connectivity index (χ1v) is 8.65. The Kier molecular flexibility index (Phi) is 7.45. The van der Waals surface area contributed by atoms with Gasteiger partial charge in [-0.3, -0.25) is 9.59 Å². The molecule has 2 amide bonds. The molecule has 0 saturated heterocycles. The Morgan fingerprint density at radius 1 is 1.04 bits per heavy atom. The summed E-state index contributed by atoms with van der Waals surface area (Å²) >= 11 is 12.0. The Bertz CT molecular complexity index is 871. The molecule has 9 heteroatoms. The number of benzene rings is 2. The first kappa shape index (κ1) is 20.5. The number of halogens is 2. The van der Waals surface area contributed by atoms with Crippen LogP contribution in [0.5, 0.6) is 0 Å². The predicted octanol–water partition coefficient (Wildman–Crippen LogP) is 3.56. The molecule has 2 rings (SSSR count). The van der Waals surface area contributed by atoms with Gasteiger partial charge in [0.1, 0.15) is 5.84 Å². The van der Waals surface area contributed by atoms with Crippen molar-refractivity contribution in [3.63, 3.8) is 0 Å². The van der Waals surface area contributed by atoms with Gasteiger partial charge in [-0.15, -0.1) is 0 Å². The van der Waals surface area contributed by atoms with Gasteiger partial charge in [0, 0.05) is 0 Å². The Balaban J connectivity index is 1.78. The lowest BCUT2D eigenvalue weighted by molar-refractivity contribution is -0.120. The van der Waals surface area contributed by atoms with E-state index in [1.807, 2.05) is 13.0 Å². The molecule has 0 aliphatic heterocycles. The number of nitrogens with zero attached hydrogens (tertiary/aromatic N) is 1. The average Bonchev–Trinajstić information content (AvgIpc) is 2.59. The minimum Gasteiger partial charge on any atom is -0.384 e. The number of aryl methyl sites for hydroxylation is 1. The number of oxime groups is 1. The molecular formula is C18H18Cl2N4O3. The van der Waals surface area contributed by atoms with Crippen LogP contribution in [0.4, 0.5) is 11.4 Å². The van der Waals surface area contributed by atoms with Crippen LogP contribution in [0.3, 0.4) is 0 Å². The monoisotopic (exact) mass is 408 g/mol. The summed E-state index contributed by atoms with van der Waals surface area (Å²) in [6.45, 7) is 1.51. The second-order valence-electron chi connectivity index (χ2n) is 5.59. The van der Waals surface area contributed by atoms with Crippen molar-refractivity contribution in [1.82, 2.24) is 0 Å². The van der Waals surface area contributed by atoms with E-state index in [0.717, 1.165) is 5.56 Å². The van der Waals surface area contributed by atoms with Crippen molar-refractivity contribution in [2.75, 3.05) is 17.2 Å². The van der Waals surface area contributed by atoms with Crippen molar-refractivity contribution in [3.05, 3.63) is 58.1 Å². The van der Waals surface area contributed by atoms with Gasteiger partial charge in [0.25, 0.3) is 5.91 Å². The van der Waals surface area contributed by atoms with E-state index in [2.05, 4.69) is 15.8 Å². The lowest BCUT2D eigenvalue weighted by atomic mass is 10.2. The highest BCUT2D eigenvalue weighted by atomic mass is 35.5. The number of amidine groups is 1. The van der Waals surface area contributed by atoms with E-state index in [4.69, 9.17) is 33.8 Å². The van der Waals surface area contributed by atoms with Crippen LogP contribution in [0.2, 0.25) is 10.0 Å². The molecule has 2 aromatic carbocycles. The molecule has 4 N–H and O–H groups in total. The number of amides is 2. The Labute approximate surface area is 166 Å². The van der Waals surface area contributed by atoms with Crippen LogP contribution in [-0.2, 0) is 14.4 Å². The van der Waals surface area contributed by atoms with Crippen molar-refractivity contribution < 1.29 is 14.4 Å². The van der Waals surface area contributed by atoms with E-state index in [-0.39, 0.29) is 18.9 Å². The van der Waals surface area contributed by atoms with Gasteiger partial charge < -0.3 is 21.2 Å². The molecule has 0 spiro atoms. The number of carbonyl (C=O) groups excluding carboxylic acids is 2. The SMILES string of the molecule is Cc1ccc(NC(=O)CO/N=C(/N)CC(=O)Nc2ccccc2Cl)c(Cl)c1. The molecule has 0 atom stereocenters. The molecular weight excluding hydrogens is 391 g/mol. The number of hydrogen-bond acceptors (Lipinski definition) is 4. The summed E-state index contributed by atoms with van der Waals surface area (Å²) in [7, 11) is 0. The number of nitrogens with one attached hydrogen (secondary N) is 2. The molecule has 0 aliphatic rings. The van der Waals surface area contributed by atoms with E-state index < -0.39 is 11.8 Å². The van der Waals surface area contributed by atoms with E-state index in [0.29, 0.717) is 21.4 Å². The molecule has 0 aliphatic carbocycles. The maximum Gasteiger partial charge on any atom is 0.265 e. The lowest BCUT2D eigenvalue weighted by Crippen LogP contribution is -2.23. The fraction of sp³-hybridized carbons (Fsp3) is 0.167. The van der Waals surface area contributed by atoms with Crippen LogP contribution in [-0.4, -0.2) is 24.3 Å². The Morgan fingerprint density at radius 3 is 2.41 bits per heavy atom. The zero-order chi connectivity index (χ0) is 19.8. The summed E-state index contributed by atoms with van der Waals surface area (Å²) in [5, 5.41) is 9.57. The minimum atomic E-state index is -0.460. The summed E-state index contributed by atoms with van der Waals surface area (Å²) in [6, 6.07) is 12.0. The summed E-state index contributed by atoms with van der Waals surface area (Å²) in [4.78, 5) is 28.6. The first-order valence-electron chi connectivity index (χ1n) is 7.90. The number of hydrogen-bond donors (Lipinski definition) is 3. The van der Waals surface area contributed by atoms with Crippen molar-refractivity contribution in [3.8, 4) is 0 Å². The summed E-state index contributed by atoms with van der Waals surface area (Å²) in [5.74, 6) is -0.956. The first-order chi connectivity index (χ1) is 12.8. The van der Waals surface area contributed by atoms with Crippen LogP contribution < -0.4 is 16.4 Å². The minimum absolute atomic E-state index is 0.0827. The fourth-order valence-corrected chi connectivity index (χ4v) is 2.50. The van der Waals surface area contributed by atoms with Gasteiger partial charge in [0.05, 0.1) is 27.8 Å². The Hall–Kier alpha value is -2.77. The molecule has 142 valence electrons. The van der Waals surface area contributed by atoms with Gasteiger partial charge in [-0.1, -0.05) is 46.6 Å². The Morgan fingerprint density at radius 2 is 1.70 bits per heavy atom. The topological polar surface area (TPSA) is 106 Å². The third-order valence-electron chi connectivity index (χ3n) is 3.27. The third kappa shape index (κ3) is 6.80. The maximum absolute atomic E-state index is 11.9. The number of carbonyl (C=O) groups is 2. The summed E-state index contributed by atoms with van der Waals surface area (Å²) in [5.41, 5.74) is 7.53. The smallest absolute Gasteiger partial charge is 0.265 e. The normalized spacial score (nSPS) is 11.0.